The van der Waals surface area contributed by atoms with Crippen LogP contribution in [0.4, 0.5) is 13.2 Å². The molecular weight excluding hydrogens is 497 g/mol. The minimum atomic E-state index is -4.37. The molecule has 0 aliphatic carbocycles. The molecule has 0 amide bonds. The molecule has 196 valence electrons. The summed E-state index contributed by atoms with van der Waals surface area (Å²) < 4.78 is 78.5. The molecule has 0 N–H and O–H groups in total. The lowest BCUT2D eigenvalue weighted by Gasteiger charge is -2.21. The number of methoxy groups -OCH3 is 2. The summed E-state index contributed by atoms with van der Waals surface area (Å²) in [6, 6.07) is 15.3. The summed E-state index contributed by atoms with van der Waals surface area (Å²) >= 11 is 0. The van der Waals surface area contributed by atoms with Crippen LogP contribution < -0.4 is 9.47 Å². The summed E-state index contributed by atoms with van der Waals surface area (Å²) in [4.78, 5) is 1.06. The SMILES string of the molecule is COc1ccc(CN(Cc2ccc(OC)cc2)S(=O)(=O)c2cc(CN(C)CC(F)(F)F)n(C)n2)cc1. The molecule has 0 unspecified atom stereocenters. The van der Waals surface area contributed by atoms with Gasteiger partial charge in [-0.2, -0.15) is 22.6 Å². The van der Waals surface area contributed by atoms with Gasteiger partial charge in [0, 0.05) is 32.7 Å². The molecule has 0 atom stereocenters. The Morgan fingerprint density at radius 3 is 1.78 bits per heavy atom. The van der Waals surface area contributed by atoms with Gasteiger partial charge in [0.15, 0.2) is 5.03 Å². The fourth-order valence-corrected chi connectivity index (χ4v) is 5.03. The molecule has 0 saturated heterocycles. The molecule has 0 aliphatic heterocycles. The number of alkyl halides is 3. The lowest BCUT2D eigenvalue weighted by atomic mass is 10.2. The van der Waals surface area contributed by atoms with Gasteiger partial charge < -0.3 is 9.47 Å². The van der Waals surface area contributed by atoms with Crippen molar-refractivity contribution in [3.63, 3.8) is 0 Å². The van der Waals surface area contributed by atoms with Gasteiger partial charge in [0.05, 0.1) is 26.5 Å². The predicted octanol–water partition coefficient (Wildman–Crippen LogP) is 3.82. The molecule has 2 aromatic carbocycles. The average molecular weight is 527 g/mol. The first-order chi connectivity index (χ1) is 16.9. The Bertz CT molecular complexity index is 1190. The van der Waals surface area contributed by atoms with Crippen LogP contribution >= 0.6 is 0 Å². The number of ether oxygens (including phenoxy) is 2. The summed E-state index contributed by atoms with van der Waals surface area (Å²) in [7, 11) is 1.80. The lowest BCUT2D eigenvalue weighted by molar-refractivity contribution is -0.144. The topological polar surface area (TPSA) is 76.9 Å². The van der Waals surface area contributed by atoms with Gasteiger partial charge in [0.25, 0.3) is 10.0 Å². The van der Waals surface area contributed by atoms with Crippen molar-refractivity contribution >= 4 is 10.0 Å². The summed E-state index contributed by atoms with van der Waals surface area (Å²) in [6.45, 7) is -1.13. The molecule has 3 rings (SSSR count). The highest BCUT2D eigenvalue weighted by molar-refractivity contribution is 7.89. The number of benzene rings is 2. The molecule has 1 aromatic heterocycles. The van der Waals surface area contributed by atoms with Gasteiger partial charge in [-0.15, -0.1) is 0 Å². The minimum Gasteiger partial charge on any atom is -0.497 e. The van der Waals surface area contributed by atoms with E-state index in [0.717, 1.165) is 16.0 Å². The fourth-order valence-electron chi connectivity index (χ4n) is 3.62. The molecule has 3 aromatic rings. The molecule has 12 heteroatoms. The van der Waals surface area contributed by atoms with Gasteiger partial charge in [-0.25, -0.2) is 8.42 Å². The van der Waals surface area contributed by atoms with Gasteiger partial charge in [0.1, 0.15) is 11.5 Å². The molecule has 0 saturated carbocycles. The Balaban J connectivity index is 1.91. The van der Waals surface area contributed by atoms with E-state index in [1.165, 1.54) is 29.1 Å². The van der Waals surface area contributed by atoms with Crippen molar-refractivity contribution < 1.29 is 31.1 Å². The van der Waals surface area contributed by atoms with Crippen molar-refractivity contribution in [2.24, 2.45) is 7.05 Å². The van der Waals surface area contributed by atoms with E-state index in [1.807, 2.05) is 0 Å². The number of nitrogens with zero attached hydrogens (tertiary/aromatic N) is 4. The van der Waals surface area contributed by atoms with E-state index >= 15 is 0 Å². The van der Waals surface area contributed by atoms with Crippen molar-refractivity contribution in [1.29, 1.82) is 0 Å². The quantitative estimate of drug-likeness (QED) is 0.378. The molecule has 0 aliphatic rings. The van der Waals surface area contributed by atoms with Crippen LogP contribution in [0.5, 0.6) is 11.5 Å². The van der Waals surface area contributed by atoms with Crippen LogP contribution in [0.3, 0.4) is 0 Å². The highest BCUT2D eigenvalue weighted by Crippen LogP contribution is 2.24. The fraction of sp³-hybridized carbons (Fsp3) is 0.375. The van der Waals surface area contributed by atoms with E-state index in [9.17, 15) is 21.6 Å². The summed E-state index contributed by atoms with van der Waals surface area (Å²) in [5, 5.41) is 3.90. The van der Waals surface area contributed by atoms with Crippen LogP contribution in [0.25, 0.3) is 0 Å². The minimum absolute atomic E-state index is 0.0538. The Labute approximate surface area is 208 Å². The molecule has 8 nitrogen and oxygen atoms in total. The zero-order valence-corrected chi connectivity index (χ0v) is 21.3. The van der Waals surface area contributed by atoms with Crippen molar-refractivity contribution in [3.05, 3.63) is 71.4 Å². The van der Waals surface area contributed by atoms with Crippen molar-refractivity contribution in [2.75, 3.05) is 27.8 Å². The monoisotopic (exact) mass is 526 g/mol. The molecule has 0 bridgehead atoms. The number of rotatable bonds is 11. The Morgan fingerprint density at radius 2 is 1.36 bits per heavy atom. The largest absolute Gasteiger partial charge is 0.497 e. The normalized spacial score (nSPS) is 12.4. The zero-order valence-electron chi connectivity index (χ0n) is 20.5. The average Bonchev–Trinajstić information content (AvgIpc) is 3.19. The second-order valence-electron chi connectivity index (χ2n) is 8.35. The van der Waals surface area contributed by atoms with Crippen LogP contribution in [0.1, 0.15) is 16.8 Å². The smallest absolute Gasteiger partial charge is 0.401 e. The second-order valence-corrected chi connectivity index (χ2v) is 10.2. The molecule has 0 fully saturated rings. The standard InChI is InChI=1S/C24H29F3N4O4S/c1-29(17-24(25,26)27)16-20-13-23(28-30(20)2)36(32,33)31(14-18-5-9-21(34-3)10-6-18)15-19-7-11-22(35-4)12-8-19/h5-13H,14-17H2,1-4H3. The van der Waals surface area contributed by atoms with E-state index < -0.39 is 22.7 Å². The van der Waals surface area contributed by atoms with Crippen molar-refractivity contribution in [2.45, 2.75) is 30.8 Å². The van der Waals surface area contributed by atoms with Gasteiger partial charge in [-0.1, -0.05) is 24.3 Å². The molecule has 0 spiro atoms. The lowest BCUT2D eigenvalue weighted by Crippen LogP contribution is -2.31. The molecular formula is C24H29F3N4O4S. The first-order valence-electron chi connectivity index (χ1n) is 11.0. The first kappa shape index (κ1) is 27.5. The molecule has 1 heterocycles. The van der Waals surface area contributed by atoms with Gasteiger partial charge in [-0.05, 0) is 42.4 Å². The third kappa shape index (κ3) is 7.21. The first-order valence-corrected chi connectivity index (χ1v) is 12.4. The highest BCUT2D eigenvalue weighted by atomic mass is 32.2. The van der Waals surface area contributed by atoms with Crippen molar-refractivity contribution in [1.82, 2.24) is 19.0 Å². The zero-order chi connectivity index (χ0) is 26.5. The number of aromatic nitrogens is 2. The maximum Gasteiger partial charge on any atom is 0.401 e. The van der Waals surface area contributed by atoms with Crippen molar-refractivity contribution in [3.8, 4) is 11.5 Å². The third-order valence-electron chi connectivity index (χ3n) is 5.48. The van der Waals surface area contributed by atoms with Crippen LogP contribution in [0.15, 0.2) is 59.6 Å². The Kier molecular flexibility index (Phi) is 8.64. The maximum atomic E-state index is 13.7. The Hall–Kier alpha value is -3.09. The third-order valence-corrected chi connectivity index (χ3v) is 7.14. The second kappa shape index (κ2) is 11.3. The highest BCUT2D eigenvalue weighted by Gasteiger charge is 2.31. The number of halogens is 3. The number of aryl methyl sites for hydroxylation is 1. The van der Waals surface area contributed by atoms with E-state index in [2.05, 4.69) is 5.10 Å². The number of hydrogen-bond acceptors (Lipinski definition) is 6. The van der Waals surface area contributed by atoms with Crippen LogP contribution in [-0.4, -0.2) is 61.4 Å². The van der Waals surface area contributed by atoms with E-state index in [0.29, 0.717) is 17.2 Å². The summed E-state index contributed by atoms with van der Waals surface area (Å²) in [5.74, 6) is 1.28. The Morgan fingerprint density at radius 1 is 0.889 bits per heavy atom. The molecule has 0 radical (unpaired) electrons. The van der Waals surface area contributed by atoms with Gasteiger partial charge >= 0.3 is 6.18 Å². The van der Waals surface area contributed by atoms with Crippen LogP contribution in [-0.2, 0) is 36.7 Å². The van der Waals surface area contributed by atoms with E-state index in [1.54, 1.807) is 62.8 Å². The summed E-state index contributed by atoms with van der Waals surface area (Å²) in [6.07, 6.45) is -4.37. The molecule has 36 heavy (non-hydrogen) atoms. The van der Waals surface area contributed by atoms with E-state index in [-0.39, 0.29) is 24.7 Å². The van der Waals surface area contributed by atoms with Gasteiger partial charge in [-0.3, -0.25) is 9.58 Å². The van der Waals surface area contributed by atoms with Gasteiger partial charge in [0.2, 0.25) is 0 Å². The van der Waals surface area contributed by atoms with E-state index in [4.69, 9.17) is 9.47 Å². The predicted molar refractivity (Wildman–Crippen MR) is 128 cm³/mol. The maximum absolute atomic E-state index is 13.7. The van der Waals surface area contributed by atoms with Crippen LogP contribution in [0.2, 0.25) is 0 Å². The number of hydrogen-bond donors (Lipinski definition) is 0. The number of sulfonamides is 1. The summed E-state index contributed by atoms with van der Waals surface area (Å²) in [5.41, 5.74) is 1.80. The van der Waals surface area contributed by atoms with Crippen LogP contribution in [0, 0.1) is 0 Å².